The van der Waals surface area contributed by atoms with E-state index >= 15 is 0 Å². The molecule has 0 radical (unpaired) electrons. The highest BCUT2D eigenvalue weighted by Crippen LogP contribution is 2.28. The van der Waals surface area contributed by atoms with Crippen molar-refractivity contribution in [3.63, 3.8) is 0 Å². The van der Waals surface area contributed by atoms with Gasteiger partial charge in [-0.15, -0.1) is 0 Å². The van der Waals surface area contributed by atoms with E-state index in [1.165, 1.54) is 19.5 Å². The molecule has 2 aromatic rings. The van der Waals surface area contributed by atoms with Crippen molar-refractivity contribution in [3.8, 4) is 5.75 Å². The Morgan fingerprint density at radius 2 is 1.93 bits per heavy atom. The zero-order valence-corrected chi connectivity index (χ0v) is 16.5. The second-order valence-electron chi connectivity index (χ2n) is 7.61. The van der Waals surface area contributed by atoms with E-state index in [-0.39, 0.29) is 12.4 Å². The van der Waals surface area contributed by atoms with Crippen molar-refractivity contribution < 1.29 is 18.7 Å². The van der Waals surface area contributed by atoms with E-state index in [1.807, 2.05) is 24.3 Å². The van der Waals surface area contributed by atoms with Crippen LogP contribution >= 0.6 is 0 Å². The normalized spacial score (nSPS) is 21.7. The second-order valence-corrected chi connectivity index (χ2v) is 7.61. The molecule has 0 amide bonds. The average Bonchev–Trinajstić information content (AvgIpc) is 3.16. The van der Waals surface area contributed by atoms with Crippen LogP contribution in [0, 0.1) is 11.7 Å². The van der Waals surface area contributed by atoms with Crippen LogP contribution in [0.3, 0.4) is 0 Å². The van der Waals surface area contributed by atoms with Crippen molar-refractivity contribution in [1.29, 1.82) is 0 Å². The number of anilines is 1. The van der Waals surface area contributed by atoms with Crippen LogP contribution in [0.4, 0.5) is 10.3 Å². The number of aromatic nitrogens is 2. The Hall–Kier alpha value is -2.74. The van der Waals surface area contributed by atoms with Crippen molar-refractivity contribution >= 4 is 11.9 Å². The van der Waals surface area contributed by atoms with Crippen LogP contribution in [0.1, 0.15) is 12.0 Å². The number of methoxy groups -OCH3 is 1. The highest BCUT2D eigenvalue weighted by Gasteiger charge is 2.37. The Labute approximate surface area is 169 Å². The fourth-order valence-electron chi connectivity index (χ4n) is 4.08. The first-order valence-electron chi connectivity index (χ1n) is 9.86. The van der Waals surface area contributed by atoms with Gasteiger partial charge < -0.3 is 14.4 Å². The number of benzene rings is 1. The zero-order chi connectivity index (χ0) is 20.2. The molecule has 0 aliphatic carbocycles. The van der Waals surface area contributed by atoms with Gasteiger partial charge in [-0.2, -0.15) is 0 Å². The minimum atomic E-state index is -0.413. The van der Waals surface area contributed by atoms with Gasteiger partial charge in [0.1, 0.15) is 5.75 Å². The van der Waals surface area contributed by atoms with E-state index in [9.17, 15) is 9.18 Å². The monoisotopic (exact) mass is 400 g/mol. The summed E-state index contributed by atoms with van der Waals surface area (Å²) in [5.74, 6) is 1.21. The quantitative estimate of drug-likeness (QED) is 0.687. The molecular formula is C21H25FN4O3. The van der Waals surface area contributed by atoms with E-state index in [4.69, 9.17) is 4.74 Å². The second kappa shape index (κ2) is 8.73. The Bertz CT molecular complexity index is 831. The number of carbonyl (C=O) groups excluding carboxylic acids is 1. The molecule has 29 heavy (non-hydrogen) atoms. The van der Waals surface area contributed by atoms with Gasteiger partial charge in [0.25, 0.3) is 0 Å². The summed E-state index contributed by atoms with van der Waals surface area (Å²) in [7, 11) is 1.39. The number of halogens is 1. The lowest BCUT2D eigenvalue weighted by atomic mass is 10.1. The maximum Gasteiger partial charge on any atom is 0.309 e. The zero-order valence-electron chi connectivity index (χ0n) is 16.5. The lowest BCUT2D eigenvalue weighted by molar-refractivity contribution is -0.139. The number of ether oxygens (including phenoxy) is 2. The van der Waals surface area contributed by atoms with Crippen LogP contribution < -0.4 is 9.64 Å². The summed E-state index contributed by atoms with van der Waals surface area (Å²) in [4.78, 5) is 24.2. The fraction of sp³-hybridized carbons (Fsp3) is 0.476. The Morgan fingerprint density at radius 3 is 2.66 bits per heavy atom. The van der Waals surface area contributed by atoms with E-state index in [0.29, 0.717) is 24.5 Å². The number of carbonyl (C=O) groups is 1. The lowest BCUT2D eigenvalue weighted by Gasteiger charge is -2.37. The third kappa shape index (κ3) is 4.82. The van der Waals surface area contributed by atoms with Gasteiger partial charge in [0.05, 0.1) is 32.5 Å². The Morgan fingerprint density at radius 1 is 1.17 bits per heavy atom. The van der Waals surface area contributed by atoms with Crippen molar-refractivity contribution in [2.45, 2.75) is 18.9 Å². The molecule has 0 bridgehead atoms. The summed E-state index contributed by atoms with van der Waals surface area (Å²) in [5.41, 5.74) is 0.908. The molecule has 2 aliphatic heterocycles. The highest BCUT2D eigenvalue weighted by molar-refractivity contribution is 5.72. The number of piperazine rings is 1. The fourth-order valence-corrected chi connectivity index (χ4v) is 4.08. The molecule has 0 N–H and O–H groups in total. The van der Waals surface area contributed by atoms with Gasteiger partial charge in [0, 0.05) is 38.1 Å². The van der Waals surface area contributed by atoms with Gasteiger partial charge in [0.2, 0.25) is 5.95 Å². The van der Waals surface area contributed by atoms with Crippen LogP contribution in [0.15, 0.2) is 36.7 Å². The third-order valence-corrected chi connectivity index (χ3v) is 5.58. The molecule has 0 spiro atoms. The van der Waals surface area contributed by atoms with E-state index < -0.39 is 5.82 Å². The molecule has 7 nitrogen and oxygen atoms in total. The number of rotatable bonds is 6. The van der Waals surface area contributed by atoms with Gasteiger partial charge in [-0.05, 0) is 24.1 Å². The first-order valence-corrected chi connectivity index (χ1v) is 9.86. The van der Waals surface area contributed by atoms with Gasteiger partial charge >= 0.3 is 5.97 Å². The molecule has 2 saturated heterocycles. The maximum atomic E-state index is 13.1. The molecule has 2 aliphatic rings. The van der Waals surface area contributed by atoms with E-state index in [1.54, 1.807) is 0 Å². The van der Waals surface area contributed by atoms with Crippen molar-refractivity contribution in [2.24, 2.45) is 5.92 Å². The topological polar surface area (TPSA) is 67.8 Å². The first kappa shape index (κ1) is 19.6. The SMILES string of the molecule is COC(=O)Cc1ccc(OCC2CC3CN(c4ncc(F)cn4)CCN3C2)cc1. The largest absolute Gasteiger partial charge is 0.493 e. The van der Waals surface area contributed by atoms with Crippen LogP contribution in [0.25, 0.3) is 0 Å². The summed E-state index contributed by atoms with van der Waals surface area (Å²) in [6, 6.07) is 8.02. The molecule has 0 saturated carbocycles. The number of esters is 1. The molecule has 8 heteroatoms. The summed E-state index contributed by atoms with van der Waals surface area (Å²) in [5, 5.41) is 0. The Balaban J connectivity index is 1.27. The molecule has 1 aromatic carbocycles. The van der Waals surface area contributed by atoms with E-state index in [0.717, 1.165) is 43.9 Å². The number of fused-ring (bicyclic) bond motifs is 1. The number of hydrogen-bond donors (Lipinski definition) is 0. The molecule has 1 aromatic heterocycles. The minimum Gasteiger partial charge on any atom is -0.493 e. The summed E-state index contributed by atoms with van der Waals surface area (Å²) in [6.07, 6.45) is 3.76. The van der Waals surface area contributed by atoms with E-state index in [2.05, 4.69) is 24.5 Å². The molecule has 3 heterocycles. The molecule has 4 rings (SSSR count). The summed E-state index contributed by atoms with van der Waals surface area (Å²) in [6.45, 7) is 4.32. The van der Waals surface area contributed by atoms with Crippen molar-refractivity contribution in [1.82, 2.24) is 14.9 Å². The lowest BCUT2D eigenvalue weighted by Crippen LogP contribution is -2.50. The van der Waals surface area contributed by atoms with Gasteiger partial charge in [0.15, 0.2) is 5.82 Å². The van der Waals surface area contributed by atoms with Crippen molar-refractivity contribution in [3.05, 3.63) is 48.0 Å². The van der Waals surface area contributed by atoms with Crippen LogP contribution in [-0.4, -0.2) is 66.8 Å². The molecule has 154 valence electrons. The summed E-state index contributed by atoms with van der Waals surface area (Å²) < 4.78 is 23.7. The minimum absolute atomic E-state index is 0.249. The number of nitrogens with zero attached hydrogens (tertiary/aromatic N) is 4. The first-order chi connectivity index (χ1) is 14.1. The van der Waals surface area contributed by atoms with Crippen LogP contribution in [-0.2, 0) is 16.0 Å². The average molecular weight is 400 g/mol. The van der Waals surface area contributed by atoms with Gasteiger partial charge in [-0.3, -0.25) is 9.69 Å². The standard InChI is InChI=1S/C21H25FN4O3/c1-28-20(27)9-15-2-4-19(5-3-15)29-14-16-8-18-13-26(7-6-25(18)12-16)21-23-10-17(22)11-24-21/h2-5,10-11,16,18H,6-9,12-14H2,1H3. The van der Waals surface area contributed by atoms with Crippen molar-refractivity contribution in [2.75, 3.05) is 44.8 Å². The number of hydrogen-bond acceptors (Lipinski definition) is 7. The predicted octanol–water partition coefficient (Wildman–Crippen LogP) is 1.92. The predicted molar refractivity (Wildman–Crippen MR) is 105 cm³/mol. The van der Waals surface area contributed by atoms with Crippen LogP contribution in [0.5, 0.6) is 5.75 Å². The maximum absolute atomic E-state index is 13.1. The highest BCUT2D eigenvalue weighted by atomic mass is 19.1. The van der Waals surface area contributed by atoms with Crippen LogP contribution in [0.2, 0.25) is 0 Å². The summed E-state index contributed by atoms with van der Waals surface area (Å²) >= 11 is 0. The van der Waals surface area contributed by atoms with Gasteiger partial charge in [-0.1, -0.05) is 12.1 Å². The smallest absolute Gasteiger partial charge is 0.309 e. The molecule has 2 atom stereocenters. The molecular weight excluding hydrogens is 375 g/mol. The third-order valence-electron chi connectivity index (χ3n) is 5.58. The molecule has 2 fully saturated rings. The Kier molecular flexibility index (Phi) is 5.89. The molecule has 2 unspecified atom stereocenters. The van der Waals surface area contributed by atoms with Gasteiger partial charge in [-0.25, -0.2) is 14.4 Å².